The molecule has 0 radical (unpaired) electrons. The quantitative estimate of drug-likeness (QED) is 0.841. The van der Waals surface area contributed by atoms with Crippen LogP contribution >= 0.6 is 0 Å². The lowest BCUT2D eigenvalue weighted by atomic mass is 9.98. The van der Waals surface area contributed by atoms with E-state index in [1.165, 1.54) is 0 Å². The van der Waals surface area contributed by atoms with Crippen LogP contribution in [0.3, 0.4) is 0 Å². The normalized spacial score (nSPS) is 22.3. The van der Waals surface area contributed by atoms with E-state index in [2.05, 4.69) is 10.3 Å². The van der Waals surface area contributed by atoms with Crippen LogP contribution in [0.25, 0.3) is 0 Å². The van der Waals surface area contributed by atoms with Crippen LogP contribution in [0.5, 0.6) is 0 Å². The van der Waals surface area contributed by atoms with E-state index in [0.29, 0.717) is 38.6 Å². The van der Waals surface area contributed by atoms with E-state index in [-0.39, 0.29) is 0 Å². The molecule has 1 saturated heterocycles. The summed E-state index contributed by atoms with van der Waals surface area (Å²) in [6.07, 6.45) is 5.50. The monoisotopic (exact) mass is 313 g/mol. The number of fused-ring (bicyclic) bond motifs is 1. The fourth-order valence-corrected chi connectivity index (χ4v) is 4.73. The third-order valence-electron chi connectivity index (χ3n) is 4.43. The molecule has 3 heterocycles. The van der Waals surface area contributed by atoms with Gasteiger partial charge in [-0.25, -0.2) is 4.98 Å². The maximum atomic E-state index is 12.7. The Morgan fingerprint density at radius 3 is 2.71 bits per heavy atom. The molecule has 0 unspecified atom stereocenters. The van der Waals surface area contributed by atoms with Gasteiger partial charge in [-0.15, -0.1) is 0 Å². The standard InChI is InChI=1S/C13H23N5O2S/c1-14-10-12-2-5-17(6-3-12)21(19,20)18-9-8-16-7-4-15-13(16)11-18/h4,7,12,14H,2-3,5-6,8-11H2,1H3. The molecule has 0 atom stereocenters. The fraction of sp³-hybridized carbons (Fsp3) is 0.769. The number of hydrogen-bond acceptors (Lipinski definition) is 4. The molecule has 118 valence electrons. The highest BCUT2D eigenvalue weighted by Crippen LogP contribution is 2.23. The molecule has 2 aliphatic rings. The van der Waals surface area contributed by atoms with Gasteiger partial charge in [0.1, 0.15) is 5.82 Å². The SMILES string of the molecule is CNCC1CCN(S(=O)(=O)N2CCn3ccnc3C2)CC1. The molecule has 0 bridgehead atoms. The molecule has 1 fully saturated rings. The molecule has 3 rings (SSSR count). The van der Waals surface area contributed by atoms with Crippen molar-refractivity contribution in [1.82, 2.24) is 23.5 Å². The Balaban J connectivity index is 1.65. The first kappa shape index (κ1) is 15.0. The predicted octanol–water partition coefficient (Wildman–Crippen LogP) is -0.125. The maximum Gasteiger partial charge on any atom is 0.282 e. The van der Waals surface area contributed by atoms with E-state index in [1.807, 2.05) is 17.8 Å². The summed E-state index contributed by atoms with van der Waals surface area (Å²) in [5, 5.41) is 3.17. The number of nitrogens with one attached hydrogen (secondary N) is 1. The molecule has 0 saturated carbocycles. The molecule has 21 heavy (non-hydrogen) atoms. The Hall–Kier alpha value is -0.960. The second kappa shape index (κ2) is 6.04. The van der Waals surface area contributed by atoms with Crippen LogP contribution in [-0.4, -0.2) is 59.8 Å². The summed E-state index contributed by atoms with van der Waals surface area (Å²) in [5.74, 6) is 1.41. The zero-order chi connectivity index (χ0) is 14.9. The average molecular weight is 313 g/mol. The summed E-state index contributed by atoms with van der Waals surface area (Å²) in [6.45, 7) is 3.81. The lowest BCUT2D eigenvalue weighted by Crippen LogP contribution is -2.49. The second-order valence-electron chi connectivity index (χ2n) is 5.78. The Morgan fingerprint density at radius 2 is 2.00 bits per heavy atom. The molecular formula is C13H23N5O2S. The van der Waals surface area contributed by atoms with Crippen LogP contribution in [-0.2, 0) is 23.3 Å². The van der Waals surface area contributed by atoms with Gasteiger partial charge in [0.2, 0.25) is 0 Å². The first-order valence-corrected chi connectivity index (χ1v) is 8.91. The second-order valence-corrected chi connectivity index (χ2v) is 7.71. The minimum atomic E-state index is -3.35. The van der Waals surface area contributed by atoms with Crippen LogP contribution in [0.1, 0.15) is 18.7 Å². The van der Waals surface area contributed by atoms with Gasteiger partial charge in [-0.3, -0.25) is 0 Å². The first-order valence-electron chi connectivity index (χ1n) is 7.51. The molecule has 7 nitrogen and oxygen atoms in total. The van der Waals surface area contributed by atoms with Gasteiger partial charge in [0, 0.05) is 38.6 Å². The number of rotatable bonds is 4. The van der Waals surface area contributed by atoms with E-state index in [1.54, 1.807) is 14.8 Å². The van der Waals surface area contributed by atoms with Crippen molar-refractivity contribution in [3.05, 3.63) is 18.2 Å². The van der Waals surface area contributed by atoms with Gasteiger partial charge in [0.05, 0.1) is 6.54 Å². The van der Waals surface area contributed by atoms with E-state index in [0.717, 1.165) is 25.2 Å². The minimum Gasteiger partial charge on any atom is -0.333 e. The summed E-state index contributed by atoms with van der Waals surface area (Å²) in [6, 6.07) is 0. The molecule has 0 amide bonds. The number of imidazole rings is 1. The van der Waals surface area contributed by atoms with E-state index >= 15 is 0 Å². The van der Waals surface area contributed by atoms with Crippen LogP contribution in [0, 0.1) is 5.92 Å². The third-order valence-corrected chi connectivity index (χ3v) is 6.41. The lowest BCUT2D eigenvalue weighted by Gasteiger charge is -2.36. The smallest absolute Gasteiger partial charge is 0.282 e. The number of piperidine rings is 1. The highest BCUT2D eigenvalue weighted by molar-refractivity contribution is 7.86. The van der Waals surface area contributed by atoms with Gasteiger partial charge < -0.3 is 9.88 Å². The Morgan fingerprint density at radius 1 is 1.24 bits per heavy atom. The van der Waals surface area contributed by atoms with Gasteiger partial charge >= 0.3 is 0 Å². The van der Waals surface area contributed by atoms with Crippen molar-refractivity contribution in [2.45, 2.75) is 25.9 Å². The summed E-state index contributed by atoms with van der Waals surface area (Å²) < 4.78 is 30.7. The van der Waals surface area contributed by atoms with Crippen LogP contribution in [0.2, 0.25) is 0 Å². The largest absolute Gasteiger partial charge is 0.333 e. The Kier molecular flexibility index (Phi) is 4.30. The molecule has 0 aliphatic carbocycles. The maximum absolute atomic E-state index is 12.7. The van der Waals surface area contributed by atoms with Crippen molar-refractivity contribution in [3.8, 4) is 0 Å². The number of aromatic nitrogens is 2. The average Bonchev–Trinajstić information content (AvgIpc) is 2.95. The Labute approximate surface area is 126 Å². The molecule has 1 N–H and O–H groups in total. The summed E-state index contributed by atoms with van der Waals surface area (Å²) >= 11 is 0. The van der Waals surface area contributed by atoms with Gasteiger partial charge in [-0.1, -0.05) is 0 Å². The highest BCUT2D eigenvalue weighted by atomic mass is 32.2. The molecule has 2 aliphatic heterocycles. The zero-order valence-corrected chi connectivity index (χ0v) is 13.2. The molecular weight excluding hydrogens is 290 g/mol. The minimum absolute atomic E-state index is 0.381. The van der Waals surface area contributed by atoms with E-state index in [4.69, 9.17) is 0 Å². The molecule has 1 aromatic heterocycles. The van der Waals surface area contributed by atoms with Gasteiger partial charge in [-0.2, -0.15) is 17.0 Å². The van der Waals surface area contributed by atoms with E-state index < -0.39 is 10.2 Å². The summed E-state index contributed by atoms with van der Waals surface area (Å²) in [7, 11) is -1.41. The Bertz CT molecular complexity index is 577. The van der Waals surface area contributed by atoms with Gasteiger partial charge in [-0.05, 0) is 32.4 Å². The first-order chi connectivity index (χ1) is 10.1. The van der Waals surface area contributed by atoms with Crippen LogP contribution in [0.4, 0.5) is 0 Å². The van der Waals surface area contributed by atoms with Gasteiger partial charge in [0.25, 0.3) is 10.2 Å². The highest BCUT2D eigenvalue weighted by Gasteiger charge is 2.34. The molecule has 0 spiro atoms. The van der Waals surface area contributed by atoms with Crippen molar-refractivity contribution in [2.24, 2.45) is 5.92 Å². The molecule has 8 heteroatoms. The molecule has 0 aromatic carbocycles. The van der Waals surface area contributed by atoms with Crippen molar-refractivity contribution in [1.29, 1.82) is 0 Å². The topological polar surface area (TPSA) is 70.5 Å². The van der Waals surface area contributed by atoms with Gasteiger partial charge in [0.15, 0.2) is 0 Å². The van der Waals surface area contributed by atoms with Crippen LogP contribution in [0.15, 0.2) is 12.4 Å². The molecule has 1 aromatic rings. The van der Waals surface area contributed by atoms with Crippen molar-refractivity contribution < 1.29 is 8.42 Å². The zero-order valence-electron chi connectivity index (χ0n) is 12.4. The van der Waals surface area contributed by atoms with Crippen molar-refractivity contribution in [2.75, 3.05) is 33.2 Å². The summed E-state index contributed by atoms with van der Waals surface area (Å²) in [5.41, 5.74) is 0. The lowest BCUT2D eigenvalue weighted by molar-refractivity contribution is 0.240. The third kappa shape index (κ3) is 2.98. The fourth-order valence-electron chi connectivity index (χ4n) is 3.14. The number of hydrogen-bond donors (Lipinski definition) is 1. The predicted molar refractivity (Wildman–Crippen MR) is 79.8 cm³/mol. The summed E-state index contributed by atoms with van der Waals surface area (Å²) in [4.78, 5) is 4.23. The van der Waals surface area contributed by atoms with E-state index in [9.17, 15) is 8.42 Å². The van der Waals surface area contributed by atoms with Crippen molar-refractivity contribution >= 4 is 10.2 Å². The van der Waals surface area contributed by atoms with Crippen molar-refractivity contribution in [3.63, 3.8) is 0 Å². The number of nitrogens with zero attached hydrogens (tertiary/aromatic N) is 4. The van der Waals surface area contributed by atoms with Crippen LogP contribution < -0.4 is 5.32 Å².